The minimum atomic E-state index is -0.497. The van der Waals surface area contributed by atoms with Crippen LogP contribution in [0.5, 0.6) is 0 Å². The van der Waals surface area contributed by atoms with Crippen LogP contribution in [0.25, 0.3) is 10.8 Å². The molecule has 0 bridgehead atoms. The number of carbonyl (C=O) groups is 1. The van der Waals surface area contributed by atoms with E-state index < -0.39 is 6.04 Å². The molecule has 0 spiro atoms. The average Bonchev–Trinajstić information content (AvgIpc) is 2.63. The number of nitrogens with zero attached hydrogens (tertiary/aromatic N) is 1. The van der Waals surface area contributed by atoms with Crippen LogP contribution in [0, 0.1) is 5.82 Å². The van der Waals surface area contributed by atoms with E-state index in [0.29, 0.717) is 5.56 Å². The van der Waals surface area contributed by atoms with Crippen LogP contribution < -0.4 is 10.7 Å². The monoisotopic (exact) mass is 335 g/mol. The lowest BCUT2D eigenvalue weighted by Gasteiger charge is -2.15. The van der Waals surface area contributed by atoms with Crippen LogP contribution in [-0.4, -0.2) is 18.2 Å². The Kier molecular flexibility index (Phi) is 5.04. The fourth-order valence-corrected chi connectivity index (χ4v) is 2.49. The van der Waals surface area contributed by atoms with Crippen molar-refractivity contribution in [3.63, 3.8) is 0 Å². The summed E-state index contributed by atoms with van der Waals surface area (Å²) in [6, 6.07) is 19.6. The summed E-state index contributed by atoms with van der Waals surface area (Å²) in [5, 5.41) is 9.14. The SMILES string of the molecule is CC(Nc1cccc2ccccc12)C(=O)NN=Cc1ccccc1F. The Labute approximate surface area is 145 Å². The number of hydrogen-bond acceptors (Lipinski definition) is 3. The van der Waals surface area contributed by atoms with Crippen molar-refractivity contribution in [2.75, 3.05) is 5.32 Å². The first kappa shape index (κ1) is 16.6. The fraction of sp³-hybridized carbons (Fsp3) is 0.100. The zero-order chi connectivity index (χ0) is 17.6. The Morgan fingerprint density at radius 2 is 1.76 bits per heavy atom. The Morgan fingerprint density at radius 1 is 1.04 bits per heavy atom. The molecule has 126 valence electrons. The molecule has 0 aliphatic rings. The first-order chi connectivity index (χ1) is 12.1. The van der Waals surface area contributed by atoms with Gasteiger partial charge < -0.3 is 5.32 Å². The van der Waals surface area contributed by atoms with Gasteiger partial charge in [-0.25, -0.2) is 9.82 Å². The van der Waals surface area contributed by atoms with Crippen LogP contribution >= 0.6 is 0 Å². The van der Waals surface area contributed by atoms with Gasteiger partial charge in [0.05, 0.1) is 6.21 Å². The average molecular weight is 335 g/mol. The van der Waals surface area contributed by atoms with E-state index in [4.69, 9.17) is 0 Å². The first-order valence-corrected chi connectivity index (χ1v) is 7.97. The van der Waals surface area contributed by atoms with Gasteiger partial charge in [0, 0.05) is 16.6 Å². The Balaban J connectivity index is 1.65. The molecular weight excluding hydrogens is 317 g/mol. The van der Waals surface area contributed by atoms with Crippen molar-refractivity contribution < 1.29 is 9.18 Å². The van der Waals surface area contributed by atoms with Crippen molar-refractivity contribution in [3.05, 3.63) is 78.1 Å². The highest BCUT2D eigenvalue weighted by Gasteiger charge is 2.13. The summed E-state index contributed by atoms with van der Waals surface area (Å²) in [5.41, 5.74) is 3.62. The molecule has 5 heteroatoms. The van der Waals surface area contributed by atoms with E-state index in [-0.39, 0.29) is 11.7 Å². The quantitative estimate of drug-likeness (QED) is 0.548. The van der Waals surface area contributed by atoms with Crippen molar-refractivity contribution in [2.24, 2.45) is 5.10 Å². The van der Waals surface area contributed by atoms with Crippen LogP contribution in [0.15, 0.2) is 71.8 Å². The summed E-state index contributed by atoms with van der Waals surface area (Å²) in [5.74, 6) is -0.692. The fourth-order valence-electron chi connectivity index (χ4n) is 2.49. The Bertz CT molecular complexity index is 918. The number of hydrazone groups is 1. The van der Waals surface area contributed by atoms with Gasteiger partial charge in [0.15, 0.2) is 0 Å². The summed E-state index contributed by atoms with van der Waals surface area (Å²) in [4.78, 5) is 12.2. The van der Waals surface area contributed by atoms with Crippen molar-refractivity contribution in [3.8, 4) is 0 Å². The maximum atomic E-state index is 13.5. The zero-order valence-electron chi connectivity index (χ0n) is 13.7. The van der Waals surface area contributed by atoms with Gasteiger partial charge in [-0.15, -0.1) is 0 Å². The Hall–Kier alpha value is -3.21. The van der Waals surface area contributed by atoms with Crippen LogP contribution in [0.4, 0.5) is 10.1 Å². The maximum Gasteiger partial charge on any atom is 0.262 e. The highest BCUT2D eigenvalue weighted by Crippen LogP contribution is 2.23. The lowest BCUT2D eigenvalue weighted by molar-refractivity contribution is -0.121. The third kappa shape index (κ3) is 4.01. The smallest absolute Gasteiger partial charge is 0.262 e. The zero-order valence-corrected chi connectivity index (χ0v) is 13.7. The van der Waals surface area contributed by atoms with Crippen molar-refractivity contribution >= 4 is 28.6 Å². The van der Waals surface area contributed by atoms with E-state index in [1.165, 1.54) is 12.3 Å². The van der Waals surface area contributed by atoms with E-state index in [9.17, 15) is 9.18 Å². The van der Waals surface area contributed by atoms with Crippen molar-refractivity contribution in [1.29, 1.82) is 0 Å². The van der Waals surface area contributed by atoms with E-state index in [1.54, 1.807) is 25.1 Å². The van der Waals surface area contributed by atoms with Crippen LogP contribution in [0.2, 0.25) is 0 Å². The third-order valence-corrected chi connectivity index (χ3v) is 3.84. The molecule has 0 saturated carbocycles. The second-order valence-electron chi connectivity index (χ2n) is 5.65. The molecule has 0 heterocycles. The van der Waals surface area contributed by atoms with E-state index in [0.717, 1.165) is 16.5 Å². The number of nitrogens with one attached hydrogen (secondary N) is 2. The molecule has 3 rings (SSSR count). The highest BCUT2D eigenvalue weighted by atomic mass is 19.1. The molecule has 3 aromatic rings. The number of hydrogen-bond donors (Lipinski definition) is 2. The number of amides is 1. The number of halogens is 1. The van der Waals surface area contributed by atoms with Gasteiger partial charge in [0.2, 0.25) is 0 Å². The third-order valence-electron chi connectivity index (χ3n) is 3.84. The van der Waals surface area contributed by atoms with Gasteiger partial charge in [-0.05, 0) is 24.4 Å². The lowest BCUT2D eigenvalue weighted by atomic mass is 10.1. The second kappa shape index (κ2) is 7.57. The largest absolute Gasteiger partial charge is 0.373 e. The lowest BCUT2D eigenvalue weighted by Crippen LogP contribution is -2.35. The molecule has 0 aromatic heterocycles. The van der Waals surface area contributed by atoms with Crippen molar-refractivity contribution in [1.82, 2.24) is 5.43 Å². The topological polar surface area (TPSA) is 53.5 Å². The molecule has 0 aliphatic carbocycles. The first-order valence-electron chi connectivity index (χ1n) is 7.97. The van der Waals surface area contributed by atoms with E-state index >= 15 is 0 Å². The molecule has 0 saturated heterocycles. The molecule has 3 aromatic carbocycles. The van der Waals surface area contributed by atoms with Gasteiger partial charge in [0.25, 0.3) is 5.91 Å². The highest BCUT2D eigenvalue weighted by molar-refractivity contribution is 5.96. The molecule has 2 N–H and O–H groups in total. The molecule has 1 atom stereocenters. The van der Waals surface area contributed by atoms with Gasteiger partial charge >= 0.3 is 0 Å². The molecule has 0 aliphatic heterocycles. The van der Waals surface area contributed by atoms with Gasteiger partial charge in [-0.2, -0.15) is 5.10 Å². The normalized spacial score (nSPS) is 12.2. The molecule has 25 heavy (non-hydrogen) atoms. The van der Waals surface area contributed by atoms with Crippen LogP contribution in [-0.2, 0) is 4.79 Å². The van der Waals surface area contributed by atoms with Gasteiger partial charge in [0.1, 0.15) is 11.9 Å². The molecule has 1 unspecified atom stereocenters. The summed E-state index contributed by atoms with van der Waals surface area (Å²) in [6.45, 7) is 1.75. The summed E-state index contributed by atoms with van der Waals surface area (Å²) in [7, 11) is 0. The second-order valence-corrected chi connectivity index (χ2v) is 5.65. The summed E-state index contributed by atoms with van der Waals surface area (Å²) in [6.07, 6.45) is 1.29. The number of benzene rings is 3. The van der Waals surface area contributed by atoms with Crippen LogP contribution in [0.1, 0.15) is 12.5 Å². The summed E-state index contributed by atoms with van der Waals surface area (Å²) < 4.78 is 13.5. The predicted molar refractivity (Wildman–Crippen MR) is 99.2 cm³/mol. The molecule has 4 nitrogen and oxygen atoms in total. The molecule has 0 fully saturated rings. The predicted octanol–water partition coefficient (Wildman–Crippen LogP) is 3.93. The van der Waals surface area contributed by atoms with Gasteiger partial charge in [-0.1, -0.05) is 54.6 Å². The number of fused-ring (bicyclic) bond motifs is 1. The van der Waals surface area contributed by atoms with E-state index in [2.05, 4.69) is 15.8 Å². The number of rotatable bonds is 5. The standard InChI is InChI=1S/C20H18FN3O/c1-14(20(25)24-22-13-16-8-3-5-11-18(16)21)23-19-12-6-9-15-7-2-4-10-17(15)19/h2-14,23H,1H3,(H,24,25). The minimum absolute atomic E-state index is 0.305. The maximum absolute atomic E-state index is 13.5. The summed E-state index contributed by atoms with van der Waals surface area (Å²) >= 11 is 0. The number of anilines is 1. The minimum Gasteiger partial charge on any atom is -0.373 e. The van der Waals surface area contributed by atoms with E-state index in [1.807, 2.05) is 42.5 Å². The molecular formula is C20H18FN3O. The molecule has 1 amide bonds. The molecule has 0 radical (unpaired) electrons. The van der Waals surface area contributed by atoms with Crippen LogP contribution in [0.3, 0.4) is 0 Å². The van der Waals surface area contributed by atoms with Crippen molar-refractivity contribution in [2.45, 2.75) is 13.0 Å². The number of carbonyl (C=O) groups excluding carboxylic acids is 1. The van der Waals surface area contributed by atoms with Gasteiger partial charge in [-0.3, -0.25) is 4.79 Å². The Morgan fingerprint density at radius 3 is 2.60 bits per heavy atom.